The van der Waals surface area contributed by atoms with Gasteiger partial charge in [0, 0.05) is 16.3 Å². The largest absolute Gasteiger partial charge is 0.223 e. The maximum absolute atomic E-state index is 13.4. The summed E-state index contributed by atoms with van der Waals surface area (Å²) in [7, 11) is -3.62. The predicted molar refractivity (Wildman–Crippen MR) is 62.5 cm³/mol. The van der Waals surface area contributed by atoms with Crippen LogP contribution < -0.4 is 0 Å². The second kappa shape index (κ2) is 4.76. The molecule has 0 aliphatic rings. The first-order valence-electron chi connectivity index (χ1n) is 4.11. The number of sulfone groups is 1. The van der Waals surface area contributed by atoms with Crippen LogP contribution in [-0.2, 0) is 9.84 Å². The smallest absolute Gasteiger partial charge is 0.185 e. The van der Waals surface area contributed by atoms with Crippen LogP contribution in [0.2, 0.25) is 0 Å². The van der Waals surface area contributed by atoms with Crippen molar-refractivity contribution in [2.45, 2.75) is 0 Å². The molecule has 84 valence electrons. The molecular weight excluding hydrogens is 297 g/mol. The Morgan fingerprint density at radius 2 is 2.19 bits per heavy atom. The third-order valence-electron chi connectivity index (χ3n) is 1.76. The molecule has 0 aliphatic heterocycles. The second-order valence-electron chi connectivity index (χ2n) is 3.06. The Balaban J connectivity index is 3.32. The molecule has 0 heterocycles. The molecule has 16 heavy (non-hydrogen) atoms. The summed E-state index contributed by atoms with van der Waals surface area (Å²) in [5.74, 6) is -0.592. The lowest BCUT2D eigenvalue weighted by Crippen LogP contribution is -1.98. The molecule has 1 rings (SSSR count). The van der Waals surface area contributed by atoms with Gasteiger partial charge in [0.25, 0.3) is 0 Å². The molecule has 1 aromatic rings. The standard InChI is InChI=1S/C10H7BrFNO2S/c1-16(14,15)9(6-13)4-7-2-3-8(11)5-10(7)12/h2-5H,1H3/b9-4+. The van der Waals surface area contributed by atoms with E-state index in [4.69, 9.17) is 5.26 Å². The molecule has 0 N–H and O–H groups in total. The number of halogens is 2. The van der Waals surface area contributed by atoms with Crippen molar-refractivity contribution < 1.29 is 12.8 Å². The molecule has 0 radical (unpaired) electrons. The fraction of sp³-hybridized carbons (Fsp3) is 0.100. The van der Waals surface area contributed by atoms with E-state index in [1.54, 1.807) is 6.07 Å². The monoisotopic (exact) mass is 303 g/mol. The van der Waals surface area contributed by atoms with E-state index in [1.165, 1.54) is 18.2 Å². The fourth-order valence-corrected chi connectivity index (χ4v) is 1.82. The van der Waals surface area contributed by atoms with Gasteiger partial charge in [0.1, 0.15) is 16.8 Å². The van der Waals surface area contributed by atoms with E-state index < -0.39 is 20.6 Å². The molecule has 0 atom stereocenters. The van der Waals surface area contributed by atoms with Crippen molar-refractivity contribution in [2.24, 2.45) is 0 Å². The van der Waals surface area contributed by atoms with E-state index in [0.29, 0.717) is 4.47 Å². The van der Waals surface area contributed by atoms with Crippen LogP contribution in [0, 0.1) is 17.1 Å². The minimum atomic E-state index is -3.62. The van der Waals surface area contributed by atoms with Crippen molar-refractivity contribution in [3.8, 4) is 6.07 Å². The van der Waals surface area contributed by atoms with Gasteiger partial charge in [0.2, 0.25) is 0 Å². The third-order valence-corrected chi connectivity index (χ3v) is 3.26. The van der Waals surface area contributed by atoms with Gasteiger partial charge < -0.3 is 0 Å². The summed E-state index contributed by atoms with van der Waals surface area (Å²) >= 11 is 3.08. The van der Waals surface area contributed by atoms with E-state index in [0.717, 1.165) is 12.3 Å². The lowest BCUT2D eigenvalue weighted by Gasteiger charge is -1.99. The molecule has 0 aliphatic carbocycles. The van der Waals surface area contributed by atoms with Crippen LogP contribution in [0.1, 0.15) is 5.56 Å². The van der Waals surface area contributed by atoms with Crippen molar-refractivity contribution in [2.75, 3.05) is 6.26 Å². The summed E-state index contributed by atoms with van der Waals surface area (Å²) in [6, 6.07) is 5.68. The molecule has 0 amide bonds. The maximum Gasteiger partial charge on any atom is 0.185 e. The van der Waals surface area contributed by atoms with Crippen LogP contribution in [-0.4, -0.2) is 14.7 Å². The Morgan fingerprint density at radius 1 is 1.56 bits per heavy atom. The predicted octanol–water partition coefficient (Wildman–Crippen LogP) is 2.50. The van der Waals surface area contributed by atoms with Crippen molar-refractivity contribution in [1.82, 2.24) is 0 Å². The molecule has 0 saturated carbocycles. The van der Waals surface area contributed by atoms with Gasteiger partial charge in [-0.3, -0.25) is 0 Å². The van der Waals surface area contributed by atoms with Gasteiger partial charge >= 0.3 is 0 Å². The highest BCUT2D eigenvalue weighted by atomic mass is 79.9. The second-order valence-corrected chi connectivity index (χ2v) is 5.96. The molecule has 0 bridgehead atoms. The van der Waals surface area contributed by atoms with Crippen LogP contribution in [0.4, 0.5) is 4.39 Å². The van der Waals surface area contributed by atoms with Gasteiger partial charge in [0.05, 0.1) is 0 Å². The van der Waals surface area contributed by atoms with E-state index in [2.05, 4.69) is 15.9 Å². The molecule has 0 saturated heterocycles. The first-order chi connectivity index (χ1) is 7.34. The summed E-state index contributed by atoms with van der Waals surface area (Å²) in [5.41, 5.74) is 0.0603. The Morgan fingerprint density at radius 3 is 2.62 bits per heavy atom. The molecule has 1 aromatic carbocycles. The third kappa shape index (κ3) is 3.15. The topological polar surface area (TPSA) is 57.9 Å². The Bertz CT molecular complexity index is 587. The summed E-state index contributed by atoms with van der Waals surface area (Å²) in [6.45, 7) is 0. The lowest BCUT2D eigenvalue weighted by atomic mass is 10.2. The number of rotatable bonds is 2. The summed E-state index contributed by atoms with van der Waals surface area (Å²) in [4.78, 5) is -0.464. The molecule has 0 fully saturated rings. The van der Waals surface area contributed by atoms with Crippen LogP contribution in [0.5, 0.6) is 0 Å². The normalized spacial score (nSPS) is 12.2. The Hall–Kier alpha value is -1.19. The number of nitriles is 1. The highest BCUT2D eigenvalue weighted by Gasteiger charge is 2.11. The van der Waals surface area contributed by atoms with Crippen LogP contribution >= 0.6 is 15.9 Å². The van der Waals surface area contributed by atoms with Gasteiger partial charge in [-0.25, -0.2) is 12.8 Å². The Kier molecular flexibility index (Phi) is 3.83. The minimum absolute atomic E-state index is 0.0603. The van der Waals surface area contributed by atoms with Crippen molar-refractivity contribution >= 4 is 31.8 Å². The highest BCUT2D eigenvalue weighted by molar-refractivity contribution is 9.10. The molecule has 6 heteroatoms. The number of nitrogens with zero attached hydrogens (tertiary/aromatic N) is 1. The molecule has 0 aromatic heterocycles. The van der Waals surface area contributed by atoms with Gasteiger partial charge in [-0.2, -0.15) is 5.26 Å². The van der Waals surface area contributed by atoms with E-state index in [9.17, 15) is 12.8 Å². The van der Waals surface area contributed by atoms with Crippen LogP contribution in [0.3, 0.4) is 0 Å². The Labute approximate surface area is 101 Å². The first kappa shape index (κ1) is 12.9. The van der Waals surface area contributed by atoms with E-state index >= 15 is 0 Å². The van der Waals surface area contributed by atoms with E-state index in [-0.39, 0.29) is 5.56 Å². The summed E-state index contributed by atoms with van der Waals surface area (Å²) < 4.78 is 36.1. The number of benzene rings is 1. The molecule has 0 unspecified atom stereocenters. The fourth-order valence-electron chi connectivity index (χ4n) is 0.982. The van der Waals surface area contributed by atoms with Gasteiger partial charge in [-0.1, -0.05) is 22.0 Å². The first-order valence-corrected chi connectivity index (χ1v) is 6.80. The zero-order valence-electron chi connectivity index (χ0n) is 8.24. The van der Waals surface area contributed by atoms with Gasteiger partial charge in [-0.05, 0) is 18.2 Å². The maximum atomic E-state index is 13.4. The summed E-state index contributed by atoms with van der Waals surface area (Å²) in [6.07, 6.45) is 1.91. The minimum Gasteiger partial charge on any atom is -0.223 e. The van der Waals surface area contributed by atoms with Crippen molar-refractivity contribution in [3.63, 3.8) is 0 Å². The zero-order valence-corrected chi connectivity index (χ0v) is 10.6. The van der Waals surface area contributed by atoms with Crippen LogP contribution in [0.25, 0.3) is 6.08 Å². The SMILES string of the molecule is CS(=O)(=O)/C(C#N)=C/c1ccc(Br)cc1F. The van der Waals surface area contributed by atoms with Crippen molar-refractivity contribution in [1.29, 1.82) is 5.26 Å². The average molecular weight is 304 g/mol. The molecule has 3 nitrogen and oxygen atoms in total. The quantitative estimate of drug-likeness (QED) is 0.789. The summed E-state index contributed by atoms with van der Waals surface area (Å²) in [5, 5.41) is 8.64. The molecule has 0 spiro atoms. The van der Waals surface area contributed by atoms with Gasteiger partial charge in [0.15, 0.2) is 9.84 Å². The highest BCUT2D eigenvalue weighted by Crippen LogP contribution is 2.18. The number of allylic oxidation sites excluding steroid dienone is 1. The average Bonchev–Trinajstić information content (AvgIpc) is 2.14. The van der Waals surface area contributed by atoms with Crippen LogP contribution in [0.15, 0.2) is 27.6 Å². The van der Waals surface area contributed by atoms with Crippen molar-refractivity contribution in [3.05, 3.63) is 39.0 Å². The zero-order chi connectivity index (χ0) is 12.3. The number of hydrogen-bond donors (Lipinski definition) is 0. The lowest BCUT2D eigenvalue weighted by molar-refractivity contribution is 0.609. The number of hydrogen-bond acceptors (Lipinski definition) is 3. The van der Waals surface area contributed by atoms with Gasteiger partial charge in [-0.15, -0.1) is 0 Å². The molecular formula is C10H7BrFNO2S. The van der Waals surface area contributed by atoms with E-state index in [1.807, 2.05) is 0 Å².